The van der Waals surface area contributed by atoms with Crippen molar-refractivity contribution >= 4 is 29.1 Å². The Morgan fingerprint density at radius 3 is 2.28 bits per heavy atom. The molecule has 150 valence electrons. The Morgan fingerprint density at radius 2 is 1.62 bits per heavy atom. The van der Waals surface area contributed by atoms with Crippen LogP contribution in [0.5, 0.6) is 5.88 Å². The third-order valence-electron chi connectivity index (χ3n) is 3.66. The van der Waals surface area contributed by atoms with Crippen LogP contribution in [0, 0.1) is 0 Å². The summed E-state index contributed by atoms with van der Waals surface area (Å²) in [4.78, 5) is 20.2. The number of hydrogen-bond donors (Lipinski definition) is 2. The molecule has 6 nitrogen and oxygen atoms in total. The first-order valence-corrected chi connectivity index (χ1v) is 8.62. The quantitative estimate of drug-likeness (QED) is 0.579. The van der Waals surface area contributed by atoms with Crippen molar-refractivity contribution < 1.29 is 22.7 Å². The van der Waals surface area contributed by atoms with Crippen LogP contribution < -0.4 is 15.4 Å². The zero-order valence-corrected chi connectivity index (χ0v) is 15.5. The number of nitrogens with one attached hydrogen (secondary N) is 2. The summed E-state index contributed by atoms with van der Waals surface area (Å²) in [6.45, 7) is 0.172. The molecule has 3 rings (SSSR count). The first kappa shape index (κ1) is 20.4. The van der Waals surface area contributed by atoms with Gasteiger partial charge in [0.25, 0.3) is 5.88 Å². The third-order valence-corrected chi connectivity index (χ3v) is 3.91. The molecule has 0 radical (unpaired) electrons. The third kappa shape index (κ3) is 5.82. The summed E-state index contributed by atoms with van der Waals surface area (Å²) >= 11 is 5.84. The second-order valence-corrected chi connectivity index (χ2v) is 6.22. The van der Waals surface area contributed by atoms with Crippen molar-refractivity contribution in [3.05, 3.63) is 77.1 Å². The summed E-state index contributed by atoms with van der Waals surface area (Å²) in [7, 11) is 0. The molecule has 2 aromatic carbocycles. The predicted octanol–water partition coefficient (Wildman–Crippen LogP) is 5.37. The van der Waals surface area contributed by atoms with E-state index in [9.17, 15) is 18.0 Å². The van der Waals surface area contributed by atoms with Crippen LogP contribution in [-0.4, -0.2) is 16.0 Å². The van der Waals surface area contributed by atoms with Gasteiger partial charge in [-0.25, -0.2) is 14.8 Å². The standard InChI is InChI=1S/C19H14ClF3N4O2/c20-14-5-1-12(2-6-14)11-29-17-16(24-9-10-25-17)27-18(28)26-15-7-3-13(4-8-15)19(21,22)23/h1-10H,11H2,(H2,24,26,27,28). The number of aromatic nitrogens is 2. The molecule has 0 saturated carbocycles. The fraction of sp³-hybridized carbons (Fsp3) is 0.105. The number of ether oxygens (including phenoxy) is 1. The topological polar surface area (TPSA) is 76.1 Å². The maximum absolute atomic E-state index is 12.6. The number of amides is 2. The molecule has 0 aliphatic heterocycles. The lowest BCUT2D eigenvalue weighted by atomic mass is 10.2. The number of alkyl halides is 3. The average Bonchev–Trinajstić information content (AvgIpc) is 2.68. The molecule has 2 N–H and O–H groups in total. The Balaban J connectivity index is 1.62. The van der Waals surface area contributed by atoms with Crippen molar-refractivity contribution in [2.24, 2.45) is 0 Å². The highest BCUT2D eigenvalue weighted by Crippen LogP contribution is 2.30. The van der Waals surface area contributed by atoms with Crippen molar-refractivity contribution in [1.82, 2.24) is 9.97 Å². The van der Waals surface area contributed by atoms with Gasteiger partial charge in [0.15, 0.2) is 5.82 Å². The number of anilines is 2. The molecule has 10 heteroatoms. The molecule has 0 spiro atoms. The second-order valence-electron chi connectivity index (χ2n) is 5.78. The van der Waals surface area contributed by atoms with Gasteiger partial charge in [0, 0.05) is 23.1 Å². The van der Waals surface area contributed by atoms with E-state index < -0.39 is 17.8 Å². The van der Waals surface area contributed by atoms with Crippen molar-refractivity contribution in [3.63, 3.8) is 0 Å². The van der Waals surface area contributed by atoms with E-state index in [1.807, 2.05) is 0 Å². The molecule has 0 saturated heterocycles. The van der Waals surface area contributed by atoms with Crippen molar-refractivity contribution in [3.8, 4) is 5.88 Å². The van der Waals surface area contributed by atoms with Crippen LogP contribution in [-0.2, 0) is 12.8 Å². The fourth-order valence-corrected chi connectivity index (χ4v) is 2.39. The van der Waals surface area contributed by atoms with Crippen LogP contribution in [0.25, 0.3) is 0 Å². The molecular weight excluding hydrogens is 409 g/mol. The first-order valence-electron chi connectivity index (χ1n) is 8.25. The molecule has 1 aromatic heterocycles. The van der Waals surface area contributed by atoms with Gasteiger partial charge in [-0.2, -0.15) is 13.2 Å². The van der Waals surface area contributed by atoms with Crippen molar-refractivity contribution in [2.45, 2.75) is 12.8 Å². The van der Waals surface area contributed by atoms with Gasteiger partial charge in [0.1, 0.15) is 6.61 Å². The van der Waals surface area contributed by atoms with E-state index in [1.54, 1.807) is 24.3 Å². The summed E-state index contributed by atoms with van der Waals surface area (Å²) in [5, 5.41) is 5.47. The summed E-state index contributed by atoms with van der Waals surface area (Å²) in [6.07, 6.45) is -1.68. The molecule has 0 aliphatic rings. The fourth-order valence-electron chi connectivity index (χ4n) is 2.26. The molecular formula is C19H14ClF3N4O2. The summed E-state index contributed by atoms with van der Waals surface area (Å²) in [5.41, 5.74) is 0.207. The Bertz CT molecular complexity index is 980. The smallest absolute Gasteiger partial charge is 0.416 e. The van der Waals surface area contributed by atoms with Crippen LogP contribution in [0.4, 0.5) is 29.5 Å². The average molecular weight is 423 g/mol. The predicted molar refractivity (Wildman–Crippen MR) is 102 cm³/mol. The summed E-state index contributed by atoms with van der Waals surface area (Å²) in [6, 6.07) is 10.3. The van der Waals surface area contributed by atoms with Gasteiger partial charge in [0.05, 0.1) is 5.56 Å². The lowest BCUT2D eigenvalue weighted by Gasteiger charge is -2.12. The molecule has 0 atom stereocenters. The summed E-state index contributed by atoms with van der Waals surface area (Å²) in [5.74, 6) is 0.149. The van der Waals surface area contributed by atoms with Crippen LogP contribution in [0.2, 0.25) is 5.02 Å². The van der Waals surface area contributed by atoms with Crippen molar-refractivity contribution in [1.29, 1.82) is 0 Å². The highest BCUT2D eigenvalue weighted by atomic mass is 35.5. The molecule has 2 amide bonds. The monoisotopic (exact) mass is 422 g/mol. The highest BCUT2D eigenvalue weighted by Gasteiger charge is 2.30. The molecule has 0 fully saturated rings. The van der Waals surface area contributed by atoms with Crippen LogP contribution in [0.1, 0.15) is 11.1 Å². The summed E-state index contributed by atoms with van der Waals surface area (Å²) < 4.78 is 43.4. The molecule has 0 bridgehead atoms. The van der Waals surface area contributed by atoms with E-state index in [0.29, 0.717) is 5.02 Å². The van der Waals surface area contributed by atoms with Gasteiger partial charge in [-0.1, -0.05) is 23.7 Å². The lowest BCUT2D eigenvalue weighted by molar-refractivity contribution is -0.137. The lowest BCUT2D eigenvalue weighted by Crippen LogP contribution is -2.21. The Kier molecular flexibility index (Phi) is 6.18. The Labute approximate surface area is 168 Å². The molecule has 1 heterocycles. The van der Waals surface area contributed by atoms with Gasteiger partial charge in [-0.05, 0) is 42.0 Å². The zero-order chi connectivity index (χ0) is 20.9. The van der Waals surface area contributed by atoms with E-state index in [-0.39, 0.29) is 24.0 Å². The number of carbonyl (C=O) groups is 1. The van der Waals surface area contributed by atoms with Crippen LogP contribution in [0.3, 0.4) is 0 Å². The van der Waals surface area contributed by atoms with Crippen molar-refractivity contribution in [2.75, 3.05) is 10.6 Å². The van der Waals surface area contributed by atoms with E-state index in [2.05, 4.69) is 20.6 Å². The second kappa shape index (κ2) is 8.78. The van der Waals surface area contributed by atoms with Gasteiger partial charge < -0.3 is 10.1 Å². The maximum atomic E-state index is 12.6. The maximum Gasteiger partial charge on any atom is 0.416 e. The van der Waals surface area contributed by atoms with E-state index in [4.69, 9.17) is 16.3 Å². The number of carbonyl (C=O) groups excluding carboxylic acids is 1. The minimum atomic E-state index is -4.45. The number of benzene rings is 2. The van der Waals surface area contributed by atoms with E-state index >= 15 is 0 Å². The van der Waals surface area contributed by atoms with Crippen LogP contribution >= 0.6 is 11.6 Å². The first-order chi connectivity index (χ1) is 13.8. The van der Waals surface area contributed by atoms with Gasteiger partial charge >= 0.3 is 12.2 Å². The number of rotatable bonds is 5. The molecule has 0 aliphatic carbocycles. The highest BCUT2D eigenvalue weighted by molar-refractivity contribution is 6.30. The molecule has 0 unspecified atom stereocenters. The normalized spacial score (nSPS) is 11.0. The number of urea groups is 1. The zero-order valence-electron chi connectivity index (χ0n) is 14.7. The minimum Gasteiger partial charge on any atom is -0.470 e. The van der Waals surface area contributed by atoms with E-state index in [1.165, 1.54) is 12.4 Å². The number of nitrogens with zero attached hydrogens (tertiary/aromatic N) is 2. The van der Waals surface area contributed by atoms with Gasteiger partial charge in [-0.3, -0.25) is 5.32 Å². The van der Waals surface area contributed by atoms with E-state index in [0.717, 1.165) is 29.8 Å². The number of halogens is 4. The Morgan fingerprint density at radius 1 is 0.966 bits per heavy atom. The van der Waals surface area contributed by atoms with Crippen LogP contribution in [0.15, 0.2) is 60.9 Å². The largest absolute Gasteiger partial charge is 0.470 e. The Hall–Kier alpha value is -3.33. The van der Waals surface area contributed by atoms with Gasteiger partial charge in [-0.15, -0.1) is 0 Å². The van der Waals surface area contributed by atoms with Gasteiger partial charge in [0.2, 0.25) is 0 Å². The molecule has 3 aromatic rings. The minimum absolute atomic E-state index is 0.0610. The SMILES string of the molecule is O=C(Nc1ccc(C(F)(F)F)cc1)Nc1nccnc1OCc1ccc(Cl)cc1. The number of hydrogen-bond acceptors (Lipinski definition) is 4. The molecule has 29 heavy (non-hydrogen) atoms.